The SMILES string of the molecule is Cc1cc(C(=O)Cc2ccc(N3CCC(N4CCCC4C)C3)cc2)n[nH]1.O=C(O)C(F)(F)F. The second kappa shape index (κ2) is 10.4. The second-order valence-electron chi connectivity index (χ2n) is 8.62. The number of nitrogens with zero attached hydrogens (tertiary/aromatic N) is 3. The zero-order chi connectivity index (χ0) is 24.2. The maximum atomic E-state index is 12.3. The number of nitrogens with one attached hydrogen (secondary N) is 1. The summed E-state index contributed by atoms with van der Waals surface area (Å²) in [6.45, 7) is 7.77. The van der Waals surface area contributed by atoms with Crippen LogP contribution in [0.25, 0.3) is 0 Å². The van der Waals surface area contributed by atoms with Gasteiger partial charge in [0.25, 0.3) is 0 Å². The number of aryl methyl sites for hydroxylation is 1. The van der Waals surface area contributed by atoms with Gasteiger partial charge in [-0.05, 0) is 63.4 Å². The van der Waals surface area contributed by atoms with E-state index in [0.717, 1.165) is 30.4 Å². The zero-order valence-corrected chi connectivity index (χ0v) is 18.7. The molecule has 0 saturated carbocycles. The number of anilines is 1. The van der Waals surface area contributed by atoms with E-state index >= 15 is 0 Å². The summed E-state index contributed by atoms with van der Waals surface area (Å²) in [6.07, 6.45) is -0.744. The van der Waals surface area contributed by atoms with Crippen LogP contribution in [0.3, 0.4) is 0 Å². The van der Waals surface area contributed by atoms with Gasteiger partial charge in [0.15, 0.2) is 5.78 Å². The van der Waals surface area contributed by atoms with Gasteiger partial charge in [0.1, 0.15) is 5.69 Å². The molecular weight excluding hydrogens is 437 g/mol. The Morgan fingerprint density at radius 2 is 1.85 bits per heavy atom. The molecule has 0 amide bonds. The molecule has 0 aliphatic carbocycles. The van der Waals surface area contributed by atoms with Crippen LogP contribution in [0.5, 0.6) is 0 Å². The molecule has 0 radical (unpaired) electrons. The number of halogens is 3. The van der Waals surface area contributed by atoms with Gasteiger partial charge >= 0.3 is 12.1 Å². The molecule has 2 fully saturated rings. The molecule has 2 atom stereocenters. The minimum atomic E-state index is -5.08. The number of aliphatic carboxylic acids is 1. The molecule has 7 nitrogen and oxygen atoms in total. The number of aromatic nitrogens is 2. The van der Waals surface area contributed by atoms with Crippen molar-refractivity contribution in [3.05, 3.63) is 47.3 Å². The first-order chi connectivity index (χ1) is 15.5. The number of carboxylic acids is 1. The van der Waals surface area contributed by atoms with E-state index in [1.165, 1.54) is 31.5 Å². The minimum Gasteiger partial charge on any atom is -0.475 e. The number of carboxylic acid groups (broad SMARTS) is 1. The third kappa shape index (κ3) is 6.56. The van der Waals surface area contributed by atoms with Crippen LogP contribution in [-0.4, -0.2) is 69.9 Å². The first-order valence-electron chi connectivity index (χ1n) is 11.0. The lowest BCUT2D eigenvalue weighted by Crippen LogP contribution is -2.39. The fraction of sp³-hybridized carbons (Fsp3) is 0.522. The van der Waals surface area contributed by atoms with Gasteiger partial charge in [-0.2, -0.15) is 18.3 Å². The first-order valence-corrected chi connectivity index (χ1v) is 11.0. The second-order valence-corrected chi connectivity index (χ2v) is 8.62. The van der Waals surface area contributed by atoms with Crippen molar-refractivity contribution in [1.29, 1.82) is 0 Å². The van der Waals surface area contributed by atoms with Crippen LogP contribution < -0.4 is 4.90 Å². The fourth-order valence-electron chi connectivity index (χ4n) is 4.41. The van der Waals surface area contributed by atoms with Gasteiger partial charge in [0.2, 0.25) is 0 Å². The van der Waals surface area contributed by atoms with Gasteiger partial charge in [0, 0.05) is 43.0 Å². The summed E-state index contributed by atoms with van der Waals surface area (Å²) in [7, 11) is 0. The lowest BCUT2D eigenvalue weighted by molar-refractivity contribution is -0.192. The van der Waals surface area contributed by atoms with Gasteiger partial charge in [-0.3, -0.25) is 14.8 Å². The summed E-state index contributed by atoms with van der Waals surface area (Å²) in [5.41, 5.74) is 3.75. The summed E-state index contributed by atoms with van der Waals surface area (Å²) in [5, 5.41) is 14.0. The van der Waals surface area contributed by atoms with Crippen molar-refractivity contribution in [2.24, 2.45) is 0 Å². The quantitative estimate of drug-likeness (QED) is 0.651. The molecule has 3 heterocycles. The molecule has 2 aromatic rings. The maximum Gasteiger partial charge on any atom is 0.490 e. The molecule has 0 bridgehead atoms. The van der Waals surface area contributed by atoms with E-state index in [-0.39, 0.29) is 5.78 Å². The van der Waals surface area contributed by atoms with Crippen LogP contribution in [0, 0.1) is 6.92 Å². The van der Waals surface area contributed by atoms with Gasteiger partial charge < -0.3 is 10.0 Å². The third-order valence-corrected chi connectivity index (χ3v) is 6.14. The van der Waals surface area contributed by atoms with Crippen LogP contribution in [0.15, 0.2) is 30.3 Å². The molecule has 10 heteroatoms. The lowest BCUT2D eigenvalue weighted by Gasteiger charge is -2.28. The number of carbonyl (C=O) groups is 2. The number of hydrogen-bond donors (Lipinski definition) is 2. The molecule has 2 aliphatic rings. The Balaban J connectivity index is 0.000000383. The topological polar surface area (TPSA) is 89.5 Å². The normalized spacial score (nSPS) is 21.1. The van der Waals surface area contributed by atoms with Gasteiger partial charge in [0.05, 0.1) is 0 Å². The number of Topliss-reactive ketones (excluding diaryl/α,β-unsaturated/α-hetero) is 1. The molecule has 0 spiro atoms. The summed E-state index contributed by atoms with van der Waals surface area (Å²) >= 11 is 0. The Morgan fingerprint density at radius 1 is 1.18 bits per heavy atom. The highest BCUT2D eigenvalue weighted by Crippen LogP contribution is 2.28. The van der Waals surface area contributed by atoms with Crippen molar-refractivity contribution in [2.75, 3.05) is 24.5 Å². The van der Waals surface area contributed by atoms with Crippen molar-refractivity contribution >= 4 is 17.4 Å². The standard InChI is InChI=1S/C21H28N4O.C2HF3O2/c1-15-12-20(23-22-15)21(26)13-17-5-7-18(8-6-17)24-11-9-19(14-24)25-10-3-4-16(25)2;3-2(4,5)1(6)7/h5-8,12,16,19H,3-4,9-11,13-14H2,1-2H3,(H,22,23);(H,6,7). The van der Waals surface area contributed by atoms with Gasteiger partial charge in [-0.1, -0.05) is 12.1 Å². The molecule has 1 aromatic carbocycles. The smallest absolute Gasteiger partial charge is 0.475 e. The Morgan fingerprint density at radius 3 is 2.36 bits per heavy atom. The van der Waals surface area contributed by atoms with E-state index in [1.807, 2.05) is 6.92 Å². The highest BCUT2D eigenvalue weighted by Gasteiger charge is 2.38. The highest BCUT2D eigenvalue weighted by molar-refractivity contribution is 5.95. The number of hydrogen-bond acceptors (Lipinski definition) is 5. The highest BCUT2D eigenvalue weighted by atomic mass is 19.4. The lowest BCUT2D eigenvalue weighted by atomic mass is 10.1. The maximum absolute atomic E-state index is 12.3. The van der Waals surface area contributed by atoms with Gasteiger partial charge in [-0.25, -0.2) is 4.79 Å². The molecule has 4 rings (SSSR count). The van der Waals surface area contributed by atoms with E-state index < -0.39 is 12.1 Å². The van der Waals surface area contributed by atoms with E-state index in [0.29, 0.717) is 18.2 Å². The number of ketones is 1. The predicted octanol–water partition coefficient (Wildman–Crippen LogP) is 3.84. The minimum absolute atomic E-state index is 0.0614. The zero-order valence-electron chi connectivity index (χ0n) is 18.7. The molecule has 1 aromatic heterocycles. The summed E-state index contributed by atoms with van der Waals surface area (Å²) in [5.74, 6) is -2.70. The number of rotatable bonds is 5. The van der Waals surface area contributed by atoms with Crippen LogP contribution in [0.2, 0.25) is 0 Å². The molecule has 2 unspecified atom stereocenters. The van der Waals surface area contributed by atoms with E-state index in [4.69, 9.17) is 9.90 Å². The van der Waals surface area contributed by atoms with E-state index in [9.17, 15) is 18.0 Å². The summed E-state index contributed by atoms with van der Waals surface area (Å²) < 4.78 is 31.7. The average Bonchev–Trinajstić information content (AvgIpc) is 3.49. The average molecular weight is 467 g/mol. The molecule has 2 N–H and O–H groups in total. The molecular formula is C23H29F3N4O3. The predicted molar refractivity (Wildman–Crippen MR) is 118 cm³/mol. The first kappa shape index (κ1) is 24.8. The number of benzene rings is 1. The Bertz CT molecular complexity index is 959. The summed E-state index contributed by atoms with van der Waals surface area (Å²) in [4.78, 5) is 26.4. The van der Waals surface area contributed by atoms with Crippen molar-refractivity contribution in [3.63, 3.8) is 0 Å². The number of aromatic amines is 1. The van der Waals surface area contributed by atoms with Crippen LogP contribution >= 0.6 is 0 Å². The monoisotopic (exact) mass is 466 g/mol. The molecule has 2 aliphatic heterocycles. The van der Waals surface area contributed by atoms with E-state index in [2.05, 4.69) is 51.2 Å². The molecule has 2 saturated heterocycles. The van der Waals surface area contributed by atoms with Crippen LogP contribution in [0.4, 0.5) is 18.9 Å². The summed E-state index contributed by atoms with van der Waals surface area (Å²) in [6, 6.07) is 11.7. The van der Waals surface area contributed by atoms with Gasteiger partial charge in [-0.15, -0.1) is 0 Å². The number of H-pyrrole nitrogens is 1. The number of carbonyl (C=O) groups excluding carboxylic acids is 1. The van der Waals surface area contributed by atoms with Crippen molar-refractivity contribution < 1.29 is 27.9 Å². The van der Waals surface area contributed by atoms with Crippen molar-refractivity contribution in [1.82, 2.24) is 15.1 Å². The number of likely N-dealkylation sites (tertiary alicyclic amines) is 1. The van der Waals surface area contributed by atoms with Crippen molar-refractivity contribution in [2.45, 2.75) is 57.8 Å². The van der Waals surface area contributed by atoms with Crippen LogP contribution in [-0.2, 0) is 11.2 Å². The Labute approximate surface area is 190 Å². The Hall–Kier alpha value is -2.88. The molecule has 33 heavy (non-hydrogen) atoms. The molecule has 180 valence electrons. The van der Waals surface area contributed by atoms with E-state index in [1.54, 1.807) is 6.07 Å². The van der Waals surface area contributed by atoms with Crippen molar-refractivity contribution in [3.8, 4) is 0 Å². The Kier molecular flexibility index (Phi) is 7.78. The number of alkyl halides is 3. The fourth-order valence-corrected chi connectivity index (χ4v) is 4.41. The largest absolute Gasteiger partial charge is 0.490 e. The van der Waals surface area contributed by atoms with Crippen LogP contribution in [0.1, 0.15) is 47.9 Å². The third-order valence-electron chi connectivity index (χ3n) is 6.14.